The lowest BCUT2D eigenvalue weighted by Crippen LogP contribution is -2.17. The largest absolute Gasteiger partial charge is 0.481 e. The van der Waals surface area contributed by atoms with Crippen LogP contribution in [-0.2, 0) is 11.2 Å². The van der Waals surface area contributed by atoms with E-state index in [1.165, 1.54) is 25.7 Å². The van der Waals surface area contributed by atoms with Crippen LogP contribution in [0.3, 0.4) is 0 Å². The molecular weight excluding hydrogens is 304 g/mol. The third-order valence-corrected chi connectivity index (χ3v) is 4.67. The van der Waals surface area contributed by atoms with Gasteiger partial charge in [-0.3, -0.25) is 4.79 Å². The molecule has 0 aliphatic heterocycles. The quantitative estimate of drug-likeness (QED) is 0.826. The van der Waals surface area contributed by atoms with Crippen molar-refractivity contribution in [2.45, 2.75) is 44.9 Å². The fraction of sp³-hybridized carbons (Fsp3) is 0.562. The van der Waals surface area contributed by atoms with E-state index in [9.17, 15) is 9.90 Å². The maximum atomic E-state index is 11.4. The molecule has 1 aliphatic carbocycles. The van der Waals surface area contributed by atoms with Gasteiger partial charge in [-0.05, 0) is 42.9 Å². The fourth-order valence-electron chi connectivity index (χ4n) is 2.95. The Balaban J connectivity index is 1.88. The van der Waals surface area contributed by atoms with Crippen LogP contribution in [0, 0.1) is 11.8 Å². The predicted molar refractivity (Wildman–Crippen MR) is 80.2 cm³/mol. The zero-order valence-corrected chi connectivity index (χ0v) is 12.7. The number of halogens is 1. The molecule has 104 valence electrons. The highest BCUT2D eigenvalue weighted by Crippen LogP contribution is 2.30. The van der Waals surface area contributed by atoms with E-state index < -0.39 is 5.97 Å². The minimum absolute atomic E-state index is 0.234. The molecule has 1 aromatic rings. The monoisotopic (exact) mass is 324 g/mol. The summed E-state index contributed by atoms with van der Waals surface area (Å²) in [6.07, 6.45) is 7.79. The van der Waals surface area contributed by atoms with Gasteiger partial charge in [-0.2, -0.15) is 0 Å². The summed E-state index contributed by atoms with van der Waals surface area (Å²) in [5.74, 6) is -0.116. The van der Waals surface area contributed by atoms with E-state index in [1.54, 1.807) is 0 Å². The smallest absolute Gasteiger partial charge is 0.306 e. The van der Waals surface area contributed by atoms with Gasteiger partial charge in [0.1, 0.15) is 0 Å². The maximum Gasteiger partial charge on any atom is 0.306 e. The highest BCUT2D eigenvalue weighted by molar-refractivity contribution is 9.10. The number of rotatable bonds is 6. The van der Waals surface area contributed by atoms with Crippen molar-refractivity contribution in [1.29, 1.82) is 0 Å². The van der Waals surface area contributed by atoms with Gasteiger partial charge in [-0.25, -0.2) is 0 Å². The average Bonchev–Trinajstić information content (AvgIpc) is 2.89. The Morgan fingerprint density at radius 3 is 2.47 bits per heavy atom. The van der Waals surface area contributed by atoms with Gasteiger partial charge in [0, 0.05) is 4.47 Å². The molecule has 1 saturated carbocycles. The first kappa shape index (κ1) is 14.6. The van der Waals surface area contributed by atoms with Crippen molar-refractivity contribution in [2.24, 2.45) is 11.8 Å². The van der Waals surface area contributed by atoms with Crippen LogP contribution in [0.1, 0.15) is 44.1 Å². The van der Waals surface area contributed by atoms with E-state index >= 15 is 0 Å². The third-order valence-electron chi connectivity index (χ3n) is 4.14. The summed E-state index contributed by atoms with van der Waals surface area (Å²) in [6, 6.07) is 7.97. The Hall–Kier alpha value is -0.830. The molecule has 1 unspecified atom stereocenters. The van der Waals surface area contributed by atoms with Gasteiger partial charge < -0.3 is 5.11 Å². The van der Waals surface area contributed by atoms with Crippen molar-refractivity contribution in [1.82, 2.24) is 0 Å². The molecule has 0 saturated heterocycles. The minimum Gasteiger partial charge on any atom is -0.481 e. The molecule has 1 atom stereocenters. The van der Waals surface area contributed by atoms with Crippen molar-refractivity contribution in [3.8, 4) is 0 Å². The molecule has 2 rings (SSSR count). The Morgan fingerprint density at radius 2 is 1.89 bits per heavy atom. The van der Waals surface area contributed by atoms with Gasteiger partial charge in [-0.15, -0.1) is 0 Å². The van der Waals surface area contributed by atoms with Gasteiger partial charge in [0.05, 0.1) is 5.92 Å². The number of carboxylic acids is 1. The van der Waals surface area contributed by atoms with Crippen molar-refractivity contribution < 1.29 is 9.90 Å². The summed E-state index contributed by atoms with van der Waals surface area (Å²) in [5, 5.41) is 9.35. The SMILES string of the molecule is O=C(O)C(CCC1CCCC1)Cc1ccc(Br)cc1. The second kappa shape index (κ2) is 7.09. The first-order valence-electron chi connectivity index (χ1n) is 7.12. The molecule has 19 heavy (non-hydrogen) atoms. The Bertz CT molecular complexity index is 407. The molecule has 0 spiro atoms. The first-order valence-corrected chi connectivity index (χ1v) is 7.91. The zero-order chi connectivity index (χ0) is 13.7. The van der Waals surface area contributed by atoms with Crippen molar-refractivity contribution >= 4 is 21.9 Å². The lowest BCUT2D eigenvalue weighted by molar-refractivity contribution is -0.142. The topological polar surface area (TPSA) is 37.3 Å². The van der Waals surface area contributed by atoms with E-state index in [2.05, 4.69) is 15.9 Å². The van der Waals surface area contributed by atoms with Crippen LogP contribution in [-0.4, -0.2) is 11.1 Å². The van der Waals surface area contributed by atoms with Crippen molar-refractivity contribution in [3.63, 3.8) is 0 Å². The second-order valence-electron chi connectivity index (χ2n) is 5.59. The molecule has 1 fully saturated rings. The summed E-state index contributed by atoms with van der Waals surface area (Å²) in [5.41, 5.74) is 1.11. The normalized spacial score (nSPS) is 17.5. The lowest BCUT2D eigenvalue weighted by atomic mass is 9.90. The predicted octanol–water partition coefficient (Wildman–Crippen LogP) is 4.66. The van der Waals surface area contributed by atoms with Gasteiger partial charge in [0.2, 0.25) is 0 Å². The van der Waals surface area contributed by atoms with Crippen LogP contribution in [0.2, 0.25) is 0 Å². The first-order chi connectivity index (χ1) is 9.15. The average molecular weight is 325 g/mol. The van der Waals surface area contributed by atoms with Crippen LogP contribution in [0.4, 0.5) is 0 Å². The van der Waals surface area contributed by atoms with Crippen LogP contribution in [0.5, 0.6) is 0 Å². The summed E-state index contributed by atoms with van der Waals surface area (Å²) in [6.45, 7) is 0. The van der Waals surface area contributed by atoms with Crippen LogP contribution in [0.25, 0.3) is 0 Å². The molecule has 2 nitrogen and oxygen atoms in total. The molecule has 1 aliphatic rings. The number of hydrogen-bond acceptors (Lipinski definition) is 1. The molecule has 0 amide bonds. The Labute approximate surface area is 123 Å². The van der Waals surface area contributed by atoms with Crippen LogP contribution >= 0.6 is 15.9 Å². The molecule has 1 aromatic carbocycles. The number of benzene rings is 1. The van der Waals surface area contributed by atoms with E-state index in [0.717, 1.165) is 28.8 Å². The molecule has 1 N–H and O–H groups in total. The maximum absolute atomic E-state index is 11.4. The van der Waals surface area contributed by atoms with Gasteiger partial charge in [0.15, 0.2) is 0 Å². The van der Waals surface area contributed by atoms with Crippen LogP contribution < -0.4 is 0 Å². The van der Waals surface area contributed by atoms with E-state index in [0.29, 0.717) is 6.42 Å². The molecule has 0 bridgehead atoms. The Morgan fingerprint density at radius 1 is 1.26 bits per heavy atom. The molecule has 0 aromatic heterocycles. The number of aliphatic carboxylic acids is 1. The fourth-order valence-corrected chi connectivity index (χ4v) is 3.22. The Kier molecular flexibility index (Phi) is 5.44. The standard InChI is InChI=1S/C16H21BrO2/c17-15-9-6-13(7-10-15)11-14(16(18)19)8-5-12-3-1-2-4-12/h6-7,9-10,12,14H,1-5,8,11H2,(H,18,19). The van der Waals surface area contributed by atoms with Gasteiger partial charge >= 0.3 is 5.97 Å². The lowest BCUT2D eigenvalue weighted by Gasteiger charge is -2.15. The second-order valence-corrected chi connectivity index (χ2v) is 6.51. The minimum atomic E-state index is -0.652. The van der Waals surface area contributed by atoms with E-state index in [4.69, 9.17) is 0 Å². The molecule has 3 heteroatoms. The molecule has 0 heterocycles. The number of carbonyl (C=O) groups is 1. The third kappa shape index (κ3) is 4.64. The summed E-state index contributed by atoms with van der Waals surface area (Å²) < 4.78 is 1.04. The van der Waals surface area contributed by atoms with Crippen LogP contribution in [0.15, 0.2) is 28.7 Å². The van der Waals surface area contributed by atoms with E-state index in [-0.39, 0.29) is 5.92 Å². The summed E-state index contributed by atoms with van der Waals surface area (Å²) >= 11 is 3.40. The van der Waals surface area contributed by atoms with E-state index in [1.807, 2.05) is 24.3 Å². The van der Waals surface area contributed by atoms with Gasteiger partial charge in [-0.1, -0.05) is 53.7 Å². The van der Waals surface area contributed by atoms with Crippen molar-refractivity contribution in [3.05, 3.63) is 34.3 Å². The highest BCUT2D eigenvalue weighted by atomic mass is 79.9. The van der Waals surface area contributed by atoms with Crippen molar-refractivity contribution in [2.75, 3.05) is 0 Å². The summed E-state index contributed by atoms with van der Waals surface area (Å²) in [7, 11) is 0. The molecular formula is C16H21BrO2. The summed E-state index contributed by atoms with van der Waals surface area (Å²) in [4.78, 5) is 11.4. The number of carboxylic acid groups (broad SMARTS) is 1. The highest BCUT2D eigenvalue weighted by Gasteiger charge is 2.21. The number of hydrogen-bond donors (Lipinski definition) is 1. The van der Waals surface area contributed by atoms with Gasteiger partial charge in [0.25, 0.3) is 0 Å². The molecule has 0 radical (unpaired) electrons. The zero-order valence-electron chi connectivity index (χ0n) is 11.1.